The number of nitrogens with zero attached hydrogens (tertiary/aromatic N) is 2. The van der Waals surface area contributed by atoms with Gasteiger partial charge in [-0.05, 0) is 48.9 Å². The fourth-order valence-electron chi connectivity index (χ4n) is 5.84. The fraction of sp³-hybridized carbons (Fsp3) is 0.562. The first-order chi connectivity index (χ1) is 16.7. The van der Waals surface area contributed by atoms with Crippen LogP contribution in [0, 0.1) is 0 Å². The van der Waals surface area contributed by atoms with E-state index in [1.807, 2.05) is 0 Å². The number of fused-ring (bicyclic) bond motifs is 5. The first kappa shape index (κ1) is 24.9. The molecule has 0 aliphatic heterocycles. The van der Waals surface area contributed by atoms with Crippen LogP contribution in [-0.2, 0) is 26.9 Å². The molecule has 2 nitrogen and oxygen atoms in total. The van der Waals surface area contributed by atoms with E-state index >= 15 is 0 Å². The third-order valence-electron chi connectivity index (χ3n) is 7.88. The summed E-state index contributed by atoms with van der Waals surface area (Å²) in [6, 6.07) is 14.4. The number of unbranched alkanes of at least 4 members (excludes halogenated alkanes) is 10. The molecule has 0 unspecified atom stereocenters. The Morgan fingerprint density at radius 2 is 0.941 bits per heavy atom. The van der Waals surface area contributed by atoms with Crippen LogP contribution in [0.4, 0.5) is 0 Å². The molecule has 4 aromatic rings. The normalized spacial score (nSPS) is 12.0. The number of benzene rings is 2. The monoisotopic (exact) mass is 458 g/mol. The summed E-state index contributed by atoms with van der Waals surface area (Å²) in [4.78, 5) is 0. The van der Waals surface area contributed by atoms with Gasteiger partial charge in [-0.1, -0.05) is 102 Å². The van der Waals surface area contributed by atoms with Gasteiger partial charge in [0.25, 0.3) is 0 Å². The molecule has 0 fully saturated rings. The van der Waals surface area contributed by atoms with Gasteiger partial charge < -0.3 is 9.13 Å². The Balaban J connectivity index is 1.51. The molecule has 34 heavy (non-hydrogen) atoms. The van der Waals surface area contributed by atoms with Crippen molar-refractivity contribution in [1.82, 2.24) is 9.13 Å². The summed E-state index contributed by atoms with van der Waals surface area (Å²) >= 11 is 0. The SMILES string of the molecule is CCCCCCCCc1ccc2c3c4ccc(CCCCCCCC)cc4n(C)c3n(C)c2c1. The van der Waals surface area contributed by atoms with E-state index in [0.717, 1.165) is 0 Å². The molecule has 2 heteroatoms. The van der Waals surface area contributed by atoms with Gasteiger partial charge in [-0.2, -0.15) is 0 Å². The zero-order valence-electron chi connectivity index (χ0n) is 22.3. The van der Waals surface area contributed by atoms with Crippen molar-refractivity contribution in [1.29, 1.82) is 0 Å². The molecule has 2 aromatic heterocycles. The molecule has 0 aliphatic rings. The Morgan fingerprint density at radius 3 is 1.38 bits per heavy atom. The van der Waals surface area contributed by atoms with Gasteiger partial charge in [0.2, 0.25) is 0 Å². The molecule has 0 spiro atoms. The Bertz CT molecular complexity index is 1120. The summed E-state index contributed by atoms with van der Waals surface area (Å²) in [5, 5.41) is 4.23. The summed E-state index contributed by atoms with van der Waals surface area (Å²) in [7, 11) is 4.49. The molecule has 4 rings (SSSR count). The van der Waals surface area contributed by atoms with Gasteiger partial charge >= 0.3 is 0 Å². The van der Waals surface area contributed by atoms with Crippen molar-refractivity contribution in [3.05, 3.63) is 47.5 Å². The highest BCUT2D eigenvalue weighted by atomic mass is 15.1. The maximum absolute atomic E-state index is 2.44. The highest BCUT2D eigenvalue weighted by Crippen LogP contribution is 2.37. The van der Waals surface area contributed by atoms with Crippen molar-refractivity contribution in [2.75, 3.05) is 0 Å². The Labute approximate surface area is 207 Å². The first-order valence-corrected chi connectivity index (χ1v) is 14.1. The van der Waals surface area contributed by atoms with Crippen LogP contribution in [0.25, 0.3) is 32.8 Å². The van der Waals surface area contributed by atoms with E-state index < -0.39 is 0 Å². The third kappa shape index (κ3) is 5.37. The molecule has 0 aliphatic carbocycles. The van der Waals surface area contributed by atoms with Gasteiger partial charge in [-0.15, -0.1) is 0 Å². The van der Waals surface area contributed by atoms with Crippen molar-refractivity contribution in [3.8, 4) is 0 Å². The van der Waals surface area contributed by atoms with E-state index in [9.17, 15) is 0 Å². The Hall–Kier alpha value is -2.22. The molecular weight excluding hydrogens is 412 g/mol. The van der Waals surface area contributed by atoms with Crippen LogP contribution in [0.2, 0.25) is 0 Å². The van der Waals surface area contributed by atoms with Crippen molar-refractivity contribution in [2.24, 2.45) is 14.1 Å². The fourth-order valence-corrected chi connectivity index (χ4v) is 5.84. The van der Waals surface area contributed by atoms with Gasteiger partial charge in [-0.25, -0.2) is 0 Å². The standard InChI is InChI=1S/C32H46N2/c1-5-7-9-11-13-15-17-25-19-21-27-29(23-25)33(3)32-31(27)28-22-20-26(24-30(28)34(32)4)18-16-14-12-10-8-6-2/h19-24H,5-18H2,1-4H3. The highest BCUT2D eigenvalue weighted by molar-refractivity contribution is 6.21. The maximum Gasteiger partial charge on any atom is 0.121 e. The van der Waals surface area contributed by atoms with E-state index in [1.165, 1.54) is 134 Å². The average molecular weight is 459 g/mol. The molecule has 184 valence electrons. The molecule has 0 atom stereocenters. The molecule has 2 heterocycles. The average Bonchev–Trinajstić information content (AvgIpc) is 3.30. The number of aromatic nitrogens is 2. The van der Waals surface area contributed by atoms with Crippen LogP contribution in [-0.4, -0.2) is 9.13 Å². The third-order valence-corrected chi connectivity index (χ3v) is 7.88. The molecule has 0 saturated heterocycles. The number of hydrogen-bond donors (Lipinski definition) is 0. The van der Waals surface area contributed by atoms with Crippen LogP contribution in [0.1, 0.15) is 102 Å². The lowest BCUT2D eigenvalue weighted by Gasteiger charge is -2.07. The van der Waals surface area contributed by atoms with Gasteiger partial charge in [0.1, 0.15) is 5.65 Å². The van der Waals surface area contributed by atoms with Crippen LogP contribution in [0.15, 0.2) is 36.4 Å². The Morgan fingerprint density at radius 1 is 0.529 bits per heavy atom. The molecular formula is C32H46N2. The number of rotatable bonds is 14. The van der Waals surface area contributed by atoms with Gasteiger partial charge in [0, 0.05) is 30.3 Å². The Kier molecular flexibility index (Phi) is 8.75. The molecule has 0 amide bonds. The second kappa shape index (κ2) is 12.0. The lowest BCUT2D eigenvalue weighted by Crippen LogP contribution is -1.96. The quantitative estimate of drug-likeness (QED) is 0.166. The topological polar surface area (TPSA) is 9.86 Å². The molecule has 2 aromatic carbocycles. The van der Waals surface area contributed by atoms with E-state index in [1.54, 1.807) is 0 Å². The molecule has 0 bridgehead atoms. The molecule has 0 N–H and O–H groups in total. The summed E-state index contributed by atoms with van der Waals surface area (Å²) in [6.45, 7) is 4.58. The lowest BCUT2D eigenvalue weighted by molar-refractivity contribution is 0.607. The van der Waals surface area contributed by atoms with Crippen molar-refractivity contribution < 1.29 is 0 Å². The first-order valence-electron chi connectivity index (χ1n) is 14.1. The van der Waals surface area contributed by atoms with Crippen molar-refractivity contribution in [3.63, 3.8) is 0 Å². The van der Waals surface area contributed by atoms with Gasteiger partial charge in [-0.3, -0.25) is 0 Å². The lowest BCUT2D eigenvalue weighted by atomic mass is 10.0. The zero-order valence-corrected chi connectivity index (χ0v) is 22.3. The second-order valence-electron chi connectivity index (χ2n) is 10.6. The smallest absolute Gasteiger partial charge is 0.121 e. The van der Waals surface area contributed by atoms with E-state index in [2.05, 4.69) is 73.5 Å². The minimum absolute atomic E-state index is 1.20. The minimum Gasteiger partial charge on any atom is -0.330 e. The highest BCUT2D eigenvalue weighted by Gasteiger charge is 2.17. The van der Waals surface area contributed by atoms with Gasteiger partial charge in [0.15, 0.2) is 0 Å². The predicted molar refractivity (Wildman–Crippen MR) is 151 cm³/mol. The van der Waals surface area contributed by atoms with Crippen LogP contribution in [0.5, 0.6) is 0 Å². The van der Waals surface area contributed by atoms with Crippen LogP contribution in [0.3, 0.4) is 0 Å². The summed E-state index contributed by atoms with van der Waals surface area (Å²) in [6.07, 6.45) is 18.7. The maximum atomic E-state index is 2.44. The van der Waals surface area contributed by atoms with Gasteiger partial charge in [0.05, 0.1) is 11.0 Å². The van der Waals surface area contributed by atoms with E-state index in [0.29, 0.717) is 0 Å². The van der Waals surface area contributed by atoms with Crippen molar-refractivity contribution >= 4 is 32.8 Å². The molecule has 0 saturated carbocycles. The van der Waals surface area contributed by atoms with E-state index in [-0.39, 0.29) is 0 Å². The summed E-state index contributed by atoms with van der Waals surface area (Å²) < 4.78 is 4.84. The zero-order chi connectivity index (χ0) is 23.9. The molecule has 0 radical (unpaired) electrons. The summed E-state index contributed by atoms with van der Waals surface area (Å²) in [5.74, 6) is 0. The largest absolute Gasteiger partial charge is 0.330 e. The summed E-state index contributed by atoms with van der Waals surface area (Å²) in [5.41, 5.74) is 7.07. The second-order valence-corrected chi connectivity index (χ2v) is 10.6. The van der Waals surface area contributed by atoms with Crippen molar-refractivity contribution in [2.45, 2.75) is 104 Å². The van der Waals surface area contributed by atoms with E-state index in [4.69, 9.17) is 0 Å². The van der Waals surface area contributed by atoms with Crippen LogP contribution < -0.4 is 0 Å². The predicted octanol–water partition coefficient (Wildman–Crippen LogP) is 9.63. The number of hydrogen-bond acceptors (Lipinski definition) is 0. The van der Waals surface area contributed by atoms with Crippen LogP contribution >= 0.6 is 0 Å². The minimum atomic E-state index is 1.20. The number of aryl methyl sites for hydroxylation is 4.